The molecule has 0 unspecified atom stereocenters. The number of hydrogen-bond donors (Lipinski definition) is 2. The van der Waals surface area contributed by atoms with Crippen molar-refractivity contribution < 1.29 is 9.59 Å². The van der Waals surface area contributed by atoms with Crippen molar-refractivity contribution in [2.75, 3.05) is 0 Å². The fourth-order valence-electron chi connectivity index (χ4n) is 4.58. The summed E-state index contributed by atoms with van der Waals surface area (Å²) in [5.41, 5.74) is 1.41. The molecule has 0 bridgehead atoms. The van der Waals surface area contributed by atoms with Crippen LogP contribution in [0.2, 0.25) is 0 Å². The molecule has 0 aliphatic heterocycles. The van der Waals surface area contributed by atoms with Crippen LogP contribution in [0.15, 0.2) is 52.9 Å². The second-order valence-corrected chi connectivity index (χ2v) is 10.4. The Morgan fingerprint density at radius 3 is 2.31 bits per heavy atom. The summed E-state index contributed by atoms with van der Waals surface area (Å²) in [5, 5.41) is 8.59. The Balaban J connectivity index is 1.32. The van der Waals surface area contributed by atoms with Gasteiger partial charge in [0.05, 0.1) is 12.2 Å². The summed E-state index contributed by atoms with van der Waals surface area (Å²) in [7, 11) is 0. The molecule has 0 spiro atoms. The van der Waals surface area contributed by atoms with Crippen molar-refractivity contribution in [3.05, 3.63) is 74.5 Å². The molecule has 0 radical (unpaired) electrons. The number of carbonyl (C=O) groups is 2. The van der Waals surface area contributed by atoms with Gasteiger partial charge >= 0.3 is 0 Å². The van der Waals surface area contributed by atoms with Crippen molar-refractivity contribution in [1.29, 1.82) is 0 Å². The average molecular weight is 491 g/mol. The largest absolute Gasteiger partial charge is 0.349 e. The highest BCUT2D eigenvalue weighted by Gasteiger charge is 2.28. The van der Waals surface area contributed by atoms with Crippen LogP contribution in [0.25, 0.3) is 11.3 Å². The van der Waals surface area contributed by atoms with Crippen LogP contribution in [0.4, 0.5) is 0 Å². The number of nitrogens with zero attached hydrogens (tertiary/aromatic N) is 2. The molecule has 2 aliphatic rings. The topological polar surface area (TPSA) is 93.1 Å². The number of nitrogens with one attached hydrogen (secondary N) is 2. The summed E-state index contributed by atoms with van der Waals surface area (Å²) < 4.78 is 1.86. The molecule has 1 aromatic carbocycles. The number of carbonyl (C=O) groups excluding carboxylic acids is 2. The van der Waals surface area contributed by atoms with Crippen LogP contribution in [0.3, 0.4) is 0 Å². The smallest absolute Gasteiger partial charge is 0.257 e. The maximum absolute atomic E-state index is 13.2. The number of benzene rings is 1. The summed E-state index contributed by atoms with van der Waals surface area (Å²) in [4.78, 5) is 43.9. The van der Waals surface area contributed by atoms with E-state index in [-0.39, 0.29) is 35.7 Å². The quantitative estimate of drug-likeness (QED) is 0.470. The molecule has 3 aromatic rings. The number of aromatic nitrogens is 2. The van der Waals surface area contributed by atoms with Gasteiger partial charge in [0.25, 0.3) is 11.8 Å². The predicted octanol–water partition coefficient (Wildman–Crippen LogP) is 4.69. The lowest BCUT2D eigenvalue weighted by Crippen LogP contribution is -2.39. The summed E-state index contributed by atoms with van der Waals surface area (Å²) in [6.45, 7) is 0.220. The van der Waals surface area contributed by atoms with E-state index in [1.165, 1.54) is 24.2 Å². The van der Waals surface area contributed by atoms with Crippen molar-refractivity contribution >= 4 is 23.2 Å². The fourth-order valence-corrected chi connectivity index (χ4v) is 5.32. The normalized spacial score (nSPS) is 16.5. The first-order valence-corrected chi connectivity index (χ1v) is 13.3. The van der Waals surface area contributed by atoms with Crippen LogP contribution < -0.4 is 16.1 Å². The summed E-state index contributed by atoms with van der Waals surface area (Å²) >= 11 is 1.46. The SMILES string of the molecule is O=C(NCc1nc(-c2ccccc2)cs1)c1cn(C2CC2)cc(C(=O)NC2CCCCCC2)c1=O. The zero-order valence-electron chi connectivity index (χ0n) is 19.7. The number of hydrogen-bond acceptors (Lipinski definition) is 5. The maximum Gasteiger partial charge on any atom is 0.257 e. The van der Waals surface area contributed by atoms with Crippen molar-refractivity contribution in [2.24, 2.45) is 0 Å². The van der Waals surface area contributed by atoms with E-state index in [9.17, 15) is 14.4 Å². The monoisotopic (exact) mass is 490 g/mol. The highest BCUT2D eigenvalue weighted by Crippen LogP contribution is 2.34. The molecule has 0 atom stereocenters. The third-order valence-electron chi connectivity index (χ3n) is 6.72. The molecule has 2 saturated carbocycles. The molecule has 2 fully saturated rings. The zero-order valence-corrected chi connectivity index (χ0v) is 20.5. The van der Waals surface area contributed by atoms with Gasteiger partial charge in [-0.2, -0.15) is 0 Å². The average Bonchev–Trinajstić information content (AvgIpc) is 3.66. The summed E-state index contributed by atoms with van der Waals surface area (Å²) in [6.07, 6.45) is 11.6. The van der Waals surface area contributed by atoms with Crippen molar-refractivity contribution in [3.8, 4) is 11.3 Å². The predicted molar refractivity (Wildman–Crippen MR) is 137 cm³/mol. The molecule has 2 heterocycles. The maximum atomic E-state index is 13.2. The molecular weight excluding hydrogens is 460 g/mol. The Morgan fingerprint density at radius 1 is 0.943 bits per heavy atom. The molecule has 0 saturated heterocycles. The lowest BCUT2D eigenvalue weighted by molar-refractivity contribution is 0.0931. The van der Waals surface area contributed by atoms with Crippen molar-refractivity contribution in [1.82, 2.24) is 20.2 Å². The van der Waals surface area contributed by atoms with Crippen molar-refractivity contribution in [2.45, 2.75) is 70.0 Å². The van der Waals surface area contributed by atoms with Gasteiger partial charge < -0.3 is 15.2 Å². The van der Waals surface area contributed by atoms with E-state index in [0.717, 1.165) is 54.8 Å². The zero-order chi connectivity index (χ0) is 24.2. The van der Waals surface area contributed by atoms with Crippen LogP contribution in [0, 0.1) is 0 Å². The molecule has 5 rings (SSSR count). The van der Waals surface area contributed by atoms with Gasteiger partial charge in [0, 0.05) is 35.4 Å². The molecular formula is C27H30N4O3S. The standard InChI is InChI=1S/C27H30N4O3S/c32-25-21(26(33)28-14-24-30-23(17-35-24)18-8-4-3-5-9-18)15-31(20-12-13-20)16-22(25)27(34)29-19-10-6-1-2-7-11-19/h3-5,8-9,15-17,19-20H,1-2,6-7,10-14H2,(H,28,33)(H,29,34). The molecule has 2 N–H and O–H groups in total. The van der Waals surface area contributed by atoms with E-state index in [1.807, 2.05) is 40.3 Å². The van der Waals surface area contributed by atoms with Crippen LogP contribution in [-0.4, -0.2) is 27.4 Å². The highest BCUT2D eigenvalue weighted by molar-refractivity contribution is 7.09. The van der Waals surface area contributed by atoms with Gasteiger partial charge in [-0.3, -0.25) is 14.4 Å². The van der Waals surface area contributed by atoms with Gasteiger partial charge in [-0.15, -0.1) is 11.3 Å². The second-order valence-electron chi connectivity index (χ2n) is 9.43. The fraction of sp³-hybridized carbons (Fsp3) is 0.407. The minimum absolute atomic E-state index is 0.00487. The lowest BCUT2D eigenvalue weighted by atomic mass is 10.1. The molecule has 2 amide bonds. The Labute approximate surface area is 208 Å². The first-order chi connectivity index (χ1) is 17.1. The van der Waals surface area contributed by atoms with Gasteiger partial charge in [0.1, 0.15) is 16.1 Å². The molecule has 182 valence electrons. The van der Waals surface area contributed by atoms with E-state index in [2.05, 4.69) is 15.6 Å². The van der Waals surface area contributed by atoms with E-state index in [1.54, 1.807) is 12.4 Å². The van der Waals surface area contributed by atoms with Crippen LogP contribution in [-0.2, 0) is 6.54 Å². The van der Waals surface area contributed by atoms with Gasteiger partial charge in [-0.1, -0.05) is 56.0 Å². The molecule has 7 nitrogen and oxygen atoms in total. The third-order valence-corrected chi connectivity index (χ3v) is 7.56. The summed E-state index contributed by atoms with van der Waals surface area (Å²) in [6, 6.07) is 10.2. The number of amides is 2. The van der Waals surface area contributed by atoms with Crippen LogP contribution in [0.5, 0.6) is 0 Å². The van der Waals surface area contributed by atoms with Crippen molar-refractivity contribution in [3.63, 3.8) is 0 Å². The number of rotatable bonds is 7. The minimum Gasteiger partial charge on any atom is -0.349 e. The molecule has 2 aliphatic carbocycles. The van der Waals surface area contributed by atoms with Crippen LogP contribution >= 0.6 is 11.3 Å². The minimum atomic E-state index is -0.519. The lowest BCUT2D eigenvalue weighted by Gasteiger charge is -2.17. The van der Waals surface area contributed by atoms with E-state index < -0.39 is 11.3 Å². The first-order valence-electron chi connectivity index (χ1n) is 12.4. The highest BCUT2D eigenvalue weighted by atomic mass is 32.1. The van der Waals surface area contributed by atoms with Gasteiger partial charge in [0.2, 0.25) is 5.43 Å². The van der Waals surface area contributed by atoms with Gasteiger partial charge in [0.15, 0.2) is 0 Å². The van der Waals surface area contributed by atoms with E-state index in [4.69, 9.17) is 0 Å². The Morgan fingerprint density at radius 2 is 1.63 bits per heavy atom. The van der Waals surface area contributed by atoms with Gasteiger partial charge in [-0.25, -0.2) is 4.98 Å². The number of pyridine rings is 1. The molecule has 2 aromatic heterocycles. The van der Waals surface area contributed by atoms with E-state index >= 15 is 0 Å². The molecule has 8 heteroatoms. The Bertz CT molecular complexity index is 1250. The third kappa shape index (κ3) is 5.70. The Hall–Kier alpha value is -3.26. The first kappa shape index (κ1) is 23.5. The Kier molecular flexibility index (Phi) is 7.08. The number of thiazole rings is 1. The van der Waals surface area contributed by atoms with Crippen LogP contribution in [0.1, 0.15) is 83.1 Å². The summed E-state index contributed by atoms with van der Waals surface area (Å²) in [5.74, 6) is -0.858. The molecule has 35 heavy (non-hydrogen) atoms. The second kappa shape index (κ2) is 10.6. The van der Waals surface area contributed by atoms with E-state index in [0.29, 0.717) is 0 Å². The van der Waals surface area contributed by atoms with Gasteiger partial charge in [-0.05, 0) is 25.7 Å².